The molecule has 2 fully saturated rings. The second kappa shape index (κ2) is 23.1. The first-order chi connectivity index (χ1) is 25.6. The molecule has 4 aliphatic rings. The van der Waals surface area contributed by atoms with Crippen LogP contribution in [0.15, 0.2) is 48.5 Å². The molecule has 0 spiro atoms. The number of anilines is 4. The van der Waals surface area contributed by atoms with Gasteiger partial charge in [-0.05, 0) is 98.3 Å². The Bertz CT molecular complexity index is 1230. The van der Waals surface area contributed by atoms with Gasteiger partial charge in [-0.25, -0.2) is 0 Å². The zero-order chi connectivity index (χ0) is 38.3. The van der Waals surface area contributed by atoms with Gasteiger partial charge in [0.1, 0.15) is 13.5 Å². The average molecular weight is 866 g/mol. The van der Waals surface area contributed by atoms with Crippen molar-refractivity contribution in [2.24, 2.45) is 35.5 Å². The minimum atomic E-state index is -0.106. The first kappa shape index (κ1) is 44.4. The summed E-state index contributed by atoms with van der Waals surface area (Å²) in [5.74, 6) is 4.34. The van der Waals surface area contributed by atoms with Crippen LogP contribution < -0.4 is 19.6 Å². The van der Waals surface area contributed by atoms with Crippen molar-refractivity contribution in [2.45, 2.75) is 92.3 Å². The van der Waals surface area contributed by atoms with Gasteiger partial charge in [-0.15, -0.1) is 0 Å². The zero-order valence-electron chi connectivity index (χ0n) is 33.2. The summed E-state index contributed by atoms with van der Waals surface area (Å²) in [4.78, 5) is 8.47. The number of fused-ring (bicyclic) bond motifs is 2. The molecule has 0 saturated heterocycles. The Kier molecular flexibility index (Phi) is 19.3. The molecule has 300 valence electrons. The van der Waals surface area contributed by atoms with Crippen LogP contribution in [-0.4, -0.2) is 66.2 Å². The van der Waals surface area contributed by atoms with Crippen LogP contribution in [0.2, 0.25) is 0 Å². The van der Waals surface area contributed by atoms with Crippen molar-refractivity contribution in [3.8, 4) is 0 Å². The van der Waals surface area contributed by atoms with Gasteiger partial charge in [0.2, 0.25) is 13.3 Å². The summed E-state index contributed by atoms with van der Waals surface area (Å²) < 4.78 is 23.2. The van der Waals surface area contributed by atoms with E-state index in [4.69, 9.17) is 38.0 Å². The van der Waals surface area contributed by atoms with E-state index < -0.39 is 0 Å². The van der Waals surface area contributed by atoms with Crippen molar-refractivity contribution in [3.05, 3.63) is 61.9 Å². The predicted molar refractivity (Wildman–Crippen MR) is 217 cm³/mol. The fourth-order valence-corrected chi connectivity index (χ4v) is 7.89. The molecular weight excluding hydrogens is 802 g/mol. The van der Waals surface area contributed by atoms with E-state index >= 15 is 0 Å². The Hall–Kier alpha value is -1.28. The van der Waals surface area contributed by atoms with Gasteiger partial charge in [-0.2, -0.15) is 0 Å². The number of halogens is 2. The number of hydrogen-bond donors (Lipinski definition) is 0. The van der Waals surface area contributed by atoms with Crippen molar-refractivity contribution in [1.82, 2.24) is 0 Å². The summed E-state index contributed by atoms with van der Waals surface area (Å²) in [5.41, 5.74) is 4.70. The summed E-state index contributed by atoms with van der Waals surface area (Å²) in [6.45, 7) is 25.0. The van der Waals surface area contributed by atoms with Crippen LogP contribution in [-0.2, 0) is 34.9 Å². The molecule has 0 amide bonds. The molecule has 6 atom stereocenters. The summed E-state index contributed by atoms with van der Waals surface area (Å²) in [7, 11) is 13.1. The molecule has 8 nitrogen and oxygen atoms in total. The van der Waals surface area contributed by atoms with Gasteiger partial charge in [0, 0.05) is 27.3 Å². The van der Waals surface area contributed by atoms with E-state index in [1.54, 1.807) is 14.2 Å². The van der Waals surface area contributed by atoms with Gasteiger partial charge < -0.3 is 38.5 Å². The maximum absolute atomic E-state index is 6.37. The van der Waals surface area contributed by atoms with Crippen LogP contribution in [0.1, 0.15) is 80.1 Å². The first-order valence-electron chi connectivity index (χ1n) is 19.5. The zero-order valence-corrected chi connectivity index (χ0v) is 36.3. The third kappa shape index (κ3) is 12.9. The van der Waals surface area contributed by atoms with E-state index in [2.05, 4.69) is 123 Å². The van der Waals surface area contributed by atoms with Gasteiger partial charge in [0.05, 0.1) is 48.2 Å². The van der Waals surface area contributed by atoms with Crippen LogP contribution in [0.5, 0.6) is 0 Å². The van der Waals surface area contributed by atoms with Crippen LogP contribution in [0.4, 0.5) is 22.7 Å². The van der Waals surface area contributed by atoms with Crippen molar-refractivity contribution in [1.29, 1.82) is 0 Å². The summed E-state index contributed by atoms with van der Waals surface area (Å²) in [6, 6.07) is 16.8. The number of rotatable bonds is 14. The molecule has 2 aliphatic heterocycles. The third-order valence-electron chi connectivity index (χ3n) is 11.5. The Morgan fingerprint density at radius 2 is 0.962 bits per heavy atom. The Morgan fingerprint density at radius 1 is 0.623 bits per heavy atom. The van der Waals surface area contributed by atoms with Crippen molar-refractivity contribution >= 4 is 41.8 Å². The summed E-state index contributed by atoms with van der Waals surface area (Å²) in [6.07, 6.45) is 8.30. The average Bonchev–Trinajstić information content (AvgIpc) is 3.70. The monoisotopic (exact) mass is 864 g/mol. The molecule has 2 heterocycles. The number of ether oxygens (including phenoxy) is 4. The standard InChI is InChI=1S/2C21H32N2O2.2ClH.Pd/c2*1-16(2)18-10-9-17(3)21(13-18)25-15-23-14-22(11-12-24-4)19-7-5-6-8-20(19)23;;;/h2*5-8,16-18,21H,9-13,15H2,1-4H3;2*1H;/q;;;;+2/p-2/t2*17-,18+,21-;;;/m00.../s1. The van der Waals surface area contributed by atoms with Crippen molar-refractivity contribution in [2.75, 3.05) is 73.6 Å². The molecule has 2 aromatic carbocycles. The van der Waals surface area contributed by atoms with E-state index in [-0.39, 0.29) is 15.9 Å². The van der Waals surface area contributed by atoms with Crippen LogP contribution in [0, 0.1) is 48.8 Å². The second-order valence-electron chi connectivity index (χ2n) is 15.6. The van der Waals surface area contributed by atoms with E-state index in [0.29, 0.717) is 50.7 Å². The van der Waals surface area contributed by atoms with E-state index in [1.807, 2.05) is 0 Å². The normalized spacial score (nSPS) is 25.3. The van der Waals surface area contributed by atoms with Crippen LogP contribution >= 0.6 is 19.1 Å². The summed E-state index contributed by atoms with van der Waals surface area (Å²) >= 11 is -0.106. The van der Waals surface area contributed by atoms with Crippen LogP contribution in [0.3, 0.4) is 0 Å². The molecule has 2 aromatic rings. The molecule has 0 aromatic heterocycles. The first-order valence-corrected chi connectivity index (χ1v) is 23.5. The van der Waals surface area contributed by atoms with Crippen molar-refractivity contribution < 1.29 is 34.9 Å². The molecular formula is C42H64Cl2N4O4Pd. The third-order valence-corrected chi connectivity index (χ3v) is 11.5. The quantitative estimate of drug-likeness (QED) is 0.174. The molecule has 6 rings (SSSR count). The molecule has 11 heteroatoms. The molecule has 2 saturated carbocycles. The number of nitrogens with zero attached hydrogens (tertiary/aromatic N) is 4. The van der Waals surface area contributed by atoms with Crippen LogP contribution in [0.25, 0.3) is 0 Å². The number of hydrogen-bond acceptors (Lipinski definition) is 8. The van der Waals surface area contributed by atoms with Gasteiger partial charge >= 0.3 is 35.0 Å². The van der Waals surface area contributed by atoms with E-state index in [1.165, 1.54) is 61.3 Å². The number of para-hydroxylation sites is 4. The van der Waals surface area contributed by atoms with E-state index in [9.17, 15) is 0 Å². The molecule has 4 radical (unpaired) electrons. The topological polar surface area (TPSA) is 49.9 Å². The SMILES string of the molecule is COCCN1[C]N(CO[C@H]2C[C@H](C(C)C)CC[C@@H]2C)c2ccccc21.COCCN1[C]N(CO[C@H]2C[C@H](C(C)C)CC[C@@H]2C)c2ccccc21.[Cl][Pd][Cl]. The Balaban J connectivity index is 0.000000220. The molecule has 0 unspecified atom stereocenters. The Morgan fingerprint density at radius 3 is 1.28 bits per heavy atom. The van der Waals surface area contributed by atoms with Gasteiger partial charge in [-0.1, -0.05) is 65.8 Å². The second-order valence-corrected chi connectivity index (χ2v) is 18.0. The molecule has 0 N–H and O–H groups in total. The summed E-state index contributed by atoms with van der Waals surface area (Å²) in [5, 5.41) is 0. The van der Waals surface area contributed by atoms with Gasteiger partial charge in [0.15, 0.2) is 0 Å². The van der Waals surface area contributed by atoms with Gasteiger partial charge in [0.25, 0.3) is 0 Å². The van der Waals surface area contributed by atoms with E-state index in [0.717, 1.165) is 36.8 Å². The Labute approximate surface area is 338 Å². The van der Waals surface area contributed by atoms with Crippen molar-refractivity contribution in [3.63, 3.8) is 0 Å². The predicted octanol–water partition coefficient (Wildman–Crippen LogP) is 10.2. The van der Waals surface area contributed by atoms with Gasteiger partial charge in [-0.3, -0.25) is 0 Å². The number of methoxy groups -OCH3 is 2. The fourth-order valence-electron chi connectivity index (χ4n) is 7.89. The molecule has 53 heavy (non-hydrogen) atoms. The molecule has 2 aliphatic carbocycles. The fraction of sp³-hybridized carbons (Fsp3) is 0.667. The molecule has 0 bridgehead atoms. The maximum atomic E-state index is 6.37. The number of benzene rings is 2. The minimum absolute atomic E-state index is 0.106.